The molecule has 1 aliphatic heterocycles. The SMILES string of the molecule is CCCCCCCCCCC1COC(=O)N1C(C)=O. The molecule has 1 saturated heterocycles. The van der Waals surface area contributed by atoms with Crippen LogP contribution in [0.3, 0.4) is 0 Å². The molecule has 4 nitrogen and oxygen atoms in total. The zero-order valence-electron chi connectivity index (χ0n) is 12.3. The highest BCUT2D eigenvalue weighted by Gasteiger charge is 2.35. The fourth-order valence-electron chi connectivity index (χ4n) is 2.57. The summed E-state index contributed by atoms with van der Waals surface area (Å²) in [7, 11) is 0. The van der Waals surface area contributed by atoms with E-state index in [-0.39, 0.29) is 11.9 Å². The fraction of sp³-hybridized carbons (Fsp3) is 0.867. The van der Waals surface area contributed by atoms with Crippen LogP contribution in [0.25, 0.3) is 0 Å². The number of carbonyl (C=O) groups excluding carboxylic acids is 2. The highest BCUT2D eigenvalue weighted by molar-refractivity contribution is 5.92. The van der Waals surface area contributed by atoms with Gasteiger partial charge in [-0.15, -0.1) is 0 Å². The topological polar surface area (TPSA) is 46.6 Å². The second kappa shape index (κ2) is 8.94. The molecule has 110 valence electrons. The molecule has 2 amide bonds. The van der Waals surface area contributed by atoms with Gasteiger partial charge in [0.05, 0.1) is 6.04 Å². The van der Waals surface area contributed by atoms with Gasteiger partial charge in [-0.05, 0) is 6.42 Å². The van der Waals surface area contributed by atoms with Gasteiger partial charge >= 0.3 is 6.09 Å². The Morgan fingerprint density at radius 2 is 1.74 bits per heavy atom. The first-order valence-corrected chi connectivity index (χ1v) is 7.63. The minimum atomic E-state index is -0.475. The Labute approximate surface area is 116 Å². The summed E-state index contributed by atoms with van der Waals surface area (Å²) in [4.78, 5) is 23.9. The molecule has 19 heavy (non-hydrogen) atoms. The van der Waals surface area contributed by atoms with E-state index in [0.717, 1.165) is 12.8 Å². The van der Waals surface area contributed by atoms with E-state index in [1.54, 1.807) is 0 Å². The van der Waals surface area contributed by atoms with E-state index < -0.39 is 6.09 Å². The number of cyclic esters (lactones) is 1. The molecule has 0 aliphatic carbocycles. The predicted molar refractivity (Wildman–Crippen MR) is 74.9 cm³/mol. The van der Waals surface area contributed by atoms with Crippen LogP contribution in [0.5, 0.6) is 0 Å². The van der Waals surface area contributed by atoms with Crippen molar-refractivity contribution < 1.29 is 14.3 Å². The summed E-state index contributed by atoms with van der Waals surface area (Å²) < 4.78 is 4.93. The van der Waals surface area contributed by atoms with Gasteiger partial charge in [0.2, 0.25) is 5.91 Å². The second-order valence-electron chi connectivity index (χ2n) is 5.38. The molecule has 0 N–H and O–H groups in total. The maximum atomic E-state index is 11.3. The van der Waals surface area contributed by atoms with Gasteiger partial charge in [-0.3, -0.25) is 4.79 Å². The van der Waals surface area contributed by atoms with Crippen molar-refractivity contribution in [2.24, 2.45) is 0 Å². The van der Waals surface area contributed by atoms with Gasteiger partial charge in [-0.1, -0.05) is 58.3 Å². The van der Waals surface area contributed by atoms with Crippen LogP contribution in [0.1, 0.15) is 71.6 Å². The number of amides is 2. The van der Waals surface area contributed by atoms with Crippen LogP contribution in [0.2, 0.25) is 0 Å². The molecular weight excluding hydrogens is 242 g/mol. The van der Waals surface area contributed by atoms with Crippen molar-refractivity contribution in [3.8, 4) is 0 Å². The lowest BCUT2D eigenvalue weighted by atomic mass is 10.0. The number of unbranched alkanes of at least 4 members (excludes halogenated alkanes) is 7. The van der Waals surface area contributed by atoms with E-state index in [4.69, 9.17) is 4.74 Å². The number of hydrogen-bond donors (Lipinski definition) is 0. The summed E-state index contributed by atoms with van der Waals surface area (Å²) in [6.07, 6.45) is 10.5. The van der Waals surface area contributed by atoms with Crippen molar-refractivity contribution in [3.05, 3.63) is 0 Å². The van der Waals surface area contributed by atoms with Gasteiger partial charge in [0, 0.05) is 6.92 Å². The molecule has 4 heteroatoms. The van der Waals surface area contributed by atoms with Gasteiger partial charge in [0.25, 0.3) is 0 Å². The van der Waals surface area contributed by atoms with Gasteiger partial charge in [0.15, 0.2) is 0 Å². The number of nitrogens with zero attached hydrogens (tertiary/aromatic N) is 1. The standard InChI is InChI=1S/C15H27NO3/c1-3-4-5-6-7-8-9-10-11-14-12-19-15(18)16(14)13(2)17/h14H,3-12H2,1-2H3. The average Bonchev–Trinajstić information content (AvgIpc) is 2.74. The number of rotatable bonds is 9. The summed E-state index contributed by atoms with van der Waals surface area (Å²) in [6, 6.07) is -0.0370. The van der Waals surface area contributed by atoms with Crippen LogP contribution in [0, 0.1) is 0 Å². The van der Waals surface area contributed by atoms with E-state index in [2.05, 4.69) is 6.92 Å². The van der Waals surface area contributed by atoms with Crippen LogP contribution < -0.4 is 0 Å². The molecule has 1 unspecified atom stereocenters. The Kier molecular flexibility index (Phi) is 7.53. The maximum absolute atomic E-state index is 11.3. The van der Waals surface area contributed by atoms with Crippen LogP contribution in [-0.4, -0.2) is 29.5 Å². The molecule has 0 spiro atoms. The van der Waals surface area contributed by atoms with Crippen molar-refractivity contribution in [2.75, 3.05) is 6.61 Å². The predicted octanol–water partition coefficient (Wildman–Crippen LogP) is 3.88. The van der Waals surface area contributed by atoms with Crippen molar-refractivity contribution in [1.29, 1.82) is 0 Å². The zero-order chi connectivity index (χ0) is 14.1. The number of carbonyl (C=O) groups is 2. The van der Waals surface area contributed by atoms with Gasteiger partial charge in [-0.25, -0.2) is 9.69 Å². The van der Waals surface area contributed by atoms with Gasteiger partial charge in [0.1, 0.15) is 6.61 Å². The molecule has 0 saturated carbocycles. The Morgan fingerprint density at radius 1 is 1.16 bits per heavy atom. The summed E-state index contributed by atoms with van der Waals surface area (Å²) in [6.45, 7) is 4.02. The molecule has 1 heterocycles. The normalized spacial score (nSPS) is 18.7. The first-order chi connectivity index (χ1) is 9.16. The lowest BCUT2D eigenvalue weighted by Crippen LogP contribution is -2.37. The number of imide groups is 1. The highest BCUT2D eigenvalue weighted by Crippen LogP contribution is 2.19. The van der Waals surface area contributed by atoms with Crippen LogP contribution in [0.4, 0.5) is 4.79 Å². The van der Waals surface area contributed by atoms with Crippen molar-refractivity contribution in [3.63, 3.8) is 0 Å². The molecule has 0 aromatic carbocycles. The largest absolute Gasteiger partial charge is 0.447 e. The molecule has 1 rings (SSSR count). The van der Waals surface area contributed by atoms with Gasteiger partial charge < -0.3 is 4.74 Å². The van der Waals surface area contributed by atoms with E-state index >= 15 is 0 Å². The third-order valence-electron chi connectivity index (χ3n) is 3.69. The molecular formula is C15H27NO3. The van der Waals surface area contributed by atoms with E-state index in [9.17, 15) is 9.59 Å². The molecule has 1 fully saturated rings. The van der Waals surface area contributed by atoms with E-state index in [1.807, 2.05) is 0 Å². The fourth-order valence-corrected chi connectivity index (χ4v) is 2.57. The highest BCUT2D eigenvalue weighted by atomic mass is 16.6. The first-order valence-electron chi connectivity index (χ1n) is 7.63. The quantitative estimate of drug-likeness (QED) is 0.597. The minimum absolute atomic E-state index is 0.0370. The Bertz CT molecular complexity index is 291. The van der Waals surface area contributed by atoms with Crippen molar-refractivity contribution in [2.45, 2.75) is 77.7 Å². The van der Waals surface area contributed by atoms with E-state index in [0.29, 0.717) is 6.61 Å². The van der Waals surface area contributed by atoms with Crippen LogP contribution >= 0.6 is 0 Å². The van der Waals surface area contributed by atoms with Crippen molar-refractivity contribution >= 4 is 12.0 Å². The van der Waals surface area contributed by atoms with Crippen LogP contribution in [-0.2, 0) is 9.53 Å². The van der Waals surface area contributed by atoms with Gasteiger partial charge in [-0.2, -0.15) is 0 Å². The molecule has 0 aromatic rings. The van der Waals surface area contributed by atoms with E-state index in [1.165, 1.54) is 56.8 Å². The first kappa shape index (κ1) is 16.0. The monoisotopic (exact) mass is 269 g/mol. The molecule has 0 aromatic heterocycles. The summed E-state index contributed by atoms with van der Waals surface area (Å²) >= 11 is 0. The number of hydrogen-bond acceptors (Lipinski definition) is 3. The lowest BCUT2D eigenvalue weighted by molar-refractivity contribution is -0.126. The summed E-state index contributed by atoms with van der Waals surface area (Å²) in [5.74, 6) is -0.202. The molecule has 1 aliphatic rings. The molecule has 0 radical (unpaired) electrons. The lowest BCUT2D eigenvalue weighted by Gasteiger charge is -2.17. The van der Waals surface area contributed by atoms with Crippen LogP contribution in [0.15, 0.2) is 0 Å². The third-order valence-corrected chi connectivity index (χ3v) is 3.69. The summed E-state index contributed by atoms with van der Waals surface area (Å²) in [5.41, 5.74) is 0. The zero-order valence-corrected chi connectivity index (χ0v) is 12.3. The molecule has 0 bridgehead atoms. The second-order valence-corrected chi connectivity index (χ2v) is 5.38. The Balaban J connectivity index is 2.06. The summed E-state index contributed by atoms with van der Waals surface area (Å²) in [5, 5.41) is 0. The third kappa shape index (κ3) is 5.62. The van der Waals surface area contributed by atoms with Crippen molar-refractivity contribution in [1.82, 2.24) is 4.90 Å². The maximum Gasteiger partial charge on any atom is 0.416 e. The molecule has 1 atom stereocenters. The minimum Gasteiger partial charge on any atom is -0.447 e. The Morgan fingerprint density at radius 3 is 2.32 bits per heavy atom. The smallest absolute Gasteiger partial charge is 0.416 e. The average molecular weight is 269 g/mol. The number of ether oxygens (including phenoxy) is 1. The Hall–Kier alpha value is -1.06.